The van der Waals surface area contributed by atoms with E-state index in [1.807, 2.05) is 0 Å². The standard InChI is InChI=1S/C15H16ClN3O4/c1-11(20)17-6-8-18(9-7-17)15(21)5-3-12-2-4-13(16)14(10-12)19(22)23/h2-5,10H,6-9H2,1H3. The minimum Gasteiger partial charge on any atom is -0.339 e. The van der Waals surface area contributed by atoms with Gasteiger partial charge in [-0.1, -0.05) is 17.7 Å². The molecule has 0 atom stereocenters. The summed E-state index contributed by atoms with van der Waals surface area (Å²) in [6, 6.07) is 4.35. The Hall–Kier alpha value is -2.41. The number of hydrogen-bond donors (Lipinski definition) is 0. The van der Waals surface area contributed by atoms with Gasteiger partial charge in [0.2, 0.25) is 11.8 Å². The van der Waals surface area contributed by atoms with E-state index in [0.29, 0.717) is 31.7 Å². The molecule has 0 aromatic heterocycles. The second-order valence-corrected chi connectivity index (χ2v) is 5.54. The van der Waals surface area contributed by atoms with Crippen LogP contribution in [0.2, 0.25) is 5.02 Å². The minimum atomic E-state index is -0.567. The van der Waals surface area contributed by atoms with Gasteiger partial charge in [-0.2, -0.15) is 0 Å². The Labute approximate surface area is 138 Å². The third kappa shape index (κ3) is 4.29. The summed E-state index contributed by atoms with van der Waals surface area (Å²) >= 11 is 5.74. The lowest BCUT2D eigenvalue weighted by atomic mass is 10.2. The molecule has 2 rings (SSSR count). The predicted molar refractivity (Wildman–Crippen MR) is 86.0 cm³/mol. The van der Waals surface area contributed by atoms with Gasteiger partial charge in [-0.05, 0) is 17.7 Å². The van der Waals surface area contributed by atoms with Crippen LogP contribution in [0.5, 0.6) is 0 Å². The van der Waals surface area contributed by atoms with Crippen LogP contribution < -0.4 is 0 Å². The van der Waals surface area contributed by atoms with Crippen molar-refractivity contribution in [2.24, 2.45) is 0 Å². The largest absolute Gasteiger partial charge is 0.339 e. The van der Waals surface area contributed by atoms with E-state index in [2.05, 4.69) is 0 Å². The zero-order chi connectivity index (χ0) is 17.0. The fourth-order valence-electron chi connectivity index (χ4n) is 2.29. The molecule has 23 heavy (non-hydrogen) atoms. The van der Waals surface area contributed by atoms with Crippen molar-refractivity contribution >= 4 is 35.2 Å². The average Bonchev–Trinajstić information content (AvgIpc) is 2.53. The molecule has 1 aromatic carbocycles. The molecule has 0 unspecified atom stereocenters. The number of hydrogen-bond acceptors (Lipinski definition) is 4. The molecular weight excluding hydrogens is 322 g/mol. The molecular formula is C15H16ClN3O4. The topological polar surface area (TPSA) is 83.8 Å². The molecule has 1 fully saturated rings. The SMILES string of the molecule is CC(=O)N1CCN(C(=O)C=Cc2ccc(Cl)c([N+](=O)[O-])c2)CC1. The molecule has 2 amide bonds. The Morgan fingerprint density at radius 2 is 1.83 bits per heavy atom. The van der Waals surface area contributed by atoms with Crippen LogP contribution in [0.4, 0.5) is 5.69 Å². The molecule has 0 spiro atoms. The summed E-state index contributed by atoms with van der Waals surface area (Å²) in [6.07, 6.45) is 2.89. The van der Waals surface area contributed by atoms with E-state index in [4.69, 9.17) is 11.6 Å². The quantitative estimate of drug-likeness (QED) is 0.479. The Balaban J connectivity index is 2.01. The summed E-state index contributed by atoms with van der Waals surface area (Å²) in [6.45, 7) is 3.49. The molecule has 7 nitrogen and oxygen atoms in total. The van der Waals surface area contributed by atoms with Gasteiger partial charge in [-0.15, -0.1) is 0 Å². The average molecular weight is 338 g/mol. The number of nitro benzene ring substituents is 1. The van der Waals surface area contributed by atoms with Gasteiger partial charge in [0.25, 0.3) is 5.69 Å². The predicted octanol–water partition coefficient (Wildman–Crippen LogP) is 1.95. The van der Waals surface area contributed by atoms with Crippen molar-refractivity contribution in [1.29, 1.82) is 0 Å². The fraction of sp³-hybridized carbons (Fsp3) is 0.333. The Morgan fingerprint density at radius 1 is 1.22 bits per heavy atom. The number of rotatable bonds is 3. The Kier molecular flexibility index (Phi) is 5.33. The van der Waals surface area contributed by atoms with E-state index in [9.17, 15) is 19.7 Å². The number of carbonyl (C=O) groups excluding carboxylic acids is 2. The second kappa shape index (κ2) is 7.23. The molecule has 0 saturated carbocycles. The molecule has 1 heterocycles. The first-order valence-corrected chi connectivity index (χ1v) is 7.42. The summed E-state index contributed by atoms with van der Waals surface area (Å²) in [4.78, 5) is 37.0. The smallest absolute Gasteiger partial charge is 0.288 e. The van der Waals surface area contributed by atoms with E-state index in [1.54, 1.807) is 15.9 Å². The van der Waals surface area contributed by atoms with Gasteiger partial charge in [-0.25, -0.2) is 0 Å². The van der Waals surface area contributed by atoms with Gasteiger partial charge in [0.15, 0.2) is 0 Å². The number of benzene rings is 1. The van der Waals surface area contributed by atoms with Crippen molar-refractivity contribution in [2.45, 2.75) is 6.92 Å². The van der Waals surface area contributed by atoms with Crippen molar-refractivity contribution in [1.82, 2.24) is 9.80 Å². The highest BCUT2D eigenvalue weighted by molar-refractivity contribution is 6.32. The van der Waals surface area contributed by atoms with E-state index in [1.165, 1.54) is 31.2 Å². The normalized spacial score (nSPS) is 15.0. The van der Waals surface area contributed by atoms with Crippen molar-refractivity contribution in [3.05, 3.63) is 45.0 Å². The molecule has 0 bridgehead atoms. The van der Waals surface area contributed by atoms with Gasteiger partial charge >= 0.3 is 0 Å². The third-order valence-corrected chi connectivity index (χ3v) is 3.94. The highest BCUT2D eigenvalue weighted by Gasteiger charge is 2.20. The molecule has 1 aromatic rings. The molecule has 1 saturated heterocycles. The van der Waals surface area contributed by atoms with Crippen molar-refractivity contribution in [2.75, 3.05) is 26.2 Å². The van der Waals surface area contributed by atoms with Crippen LogP contribution in [-0.4, -0.2) is 52.7 Å². The van der Waals surface area contributed by atoms with Crippen LogP contribution in [0, 0.1) is 10.1 Å². The highest BCUT2D eigenvalue weighted by atomic mass is 35.5. The highest BCUT2D eigenvalue weighted by Crippen LogP contribution is 2.25. The third-order valence-electron chi connectivity index (χ3n) is 3.62. The van der Waals surface area contributed by atoms with Gasteiger partial charge in [0, 0.05) is 45.2 Å². The number of amides is 2. The van der Waals surface area contributed by atoms with Crippen LogP contribution >= 0.6 is 11.6 Å². The number of nitro groups is 1. The molecule has 8 heteroatoms. The summed E-state index contributed by atoms with van der Waals surface area (Å²) in [7, 11) is 0. The van der Waals surface area contributed by atoms with Crippen LogP contribution in [0.15, 0.2) is 24.3 Å². The van der Waals surface area contributed by atoms with Crippen molar-refractivity contribution in [3.8, 4) is 0 Å². The van der Waals surface area contributed by atoms with E-state index < -0.39 is 4.92 Å². The first kappa shape index (κ1) is 17.0. The zero-order valence-corrected chi connectivity index (χ0v) is 13.3. The van der Waals surface area contributed by atoms with Gasteiger partial charge in [-0.3, -0.25) is 19.7 Å². The Bertz CT molecular complexity index is 667. The van der Waals surface area contributed by atoms with Crippen LogP contribution in [-0.2, 0) is 9.59 Å². The lowest BCUT2D eigenvalue weighted by Crippen LogP contribution is -2.49. The lowest BCUT2D eigenvalue weighted by molar-refractivity contribution is -0.384. The first-order valence-electron chi connectivity index (χ1n) is 7.05. The van der Waals surface area contributed by atoms with Crippen molar-refractivity contribution in [3.63, 3.8) is 0 Å². The fourth-order valence-corrected chi connectivity index (χ4v) is 2.47. The minimum absolute atomic E-state index is 0.00103. The number of halogens is 1. The summed E-state index contributed by atoms with van der Waals surface area (Å²) < 4.78 is 0. The monoisotopic (exact) mass is 337 g/mol. The molecule has 0 N–H and O–H groups in total. The maximum absolute atomic E-state index is 12.1. The van der Waals surface area contributed by atoms with Crippen LogP contribution in [0.1, 0.15) is 12.5 Å². The second-order valence-electron chi connectivity index (χ2n) is 5.13. The number of carbonyl (C=O) groups is 2. The summed E-state index contributed by atoms with van der Waals surface area (Å²) in [5.41, 5.74) is 0.327. The first-order chi connectivity index (χ1) is 10.9. The Morgan fingerprint density at radius 3 is 2.39 bits per heavy atom. The number of piperazine rings is 1. The van der Waals surface area contributed by atoms with E-state index >= 15 is 0 Å². The maximum atomic E-state index is 12.1. The van der Waals surface area contributed by atoms with Crippen LogP contribution in [0.25, 0.3) is 6.08 Å². The zero-order valence-electron chi connectivity index (χ0n) is 12.6. The molecule has 122 valence electrons. The van der Waals surface area contributed by atoms with E-state index in [0.717, 1.165) is 0 Å². The summed E-state index contributed by atoms with van der Waals surface area (Å²) in [5, 5.41) is 10.9. The van der Waals surface area contributed by atoms with Gasteiger partial charge < -0.3 is 9.80 Å². The molecule has 1 aliphatic heterocycles. The summed E-state index contributed by atoms with van der Waals surface area (Å²) in [5.74, 6) is -0.188. The molecule has 0 aliphatic carbocycles. The van der Waals surface area contributed by atoms with E-state index in [-0.39, 0.29) is 22.5 Å². The lowest BCUT2D eigenvalue weighted by Gasteiger charge is -2.33. The van der Waals surface area contributed by atoms with Crippen LogP contribution in [0.3, 0.4) is 0 Å². The van der Waals surface area contributed by atoms with Gasteiger partial charge in [0.05, 0.1) is 4.92 Å². The van der Waals surface area contributed by atoms with Crippen molar-refractivity contribution < 1.29 is 14.5 Å². The number of nitrogens with zero attached hydrogens (tertiary/aromatic N) is 3. The maximum Gasteiger partial charge on any atom is 0.288 e. The molecule has 1 aliphatic rings. The van der Waals surface area contributed by atoms with Gasteiger partial charge in [0.1, 0.15) is 5.02 Å². The molecule has 0 radical (unpaired) electrons.